The van der Waals surface area contributed by atoms with Crippen LogP contribution in [0.15, 0.2) is 0 Å². The van der Waals surface area contributed by atoms with Crippen LogP contribution < -0.4 is 5.32 Å². The van der Waals surface area contributed by atoms with Gasteiger partial charge in [0.2, 0.25) is 0 Å². The van der Waals surface area contributed by atoms with Crippen molar-refractivity contribution in [3.05, 3.63) is 0 Å². The molecule has 13 heavy (non-hydrogen) atoms. The van der Waals surface area contributed by atoms with Gasteiger partial charge in [0.1, 0.15) is 0 Å². The normalized spacial score (nSPS) is 28.7. The average Bonchev–Trinajstić information content (AvgIpc) is 2.03. The highest BCUT2D eigenvalue weighted by Gasteiger charge is 2.25. The van der Waals surface area contributed by atoms with Gasteiger partial charge in [-0.05, 0) is 20.8 Å². The zero-order valence-electron chi connectivity index (χ0n) is 8.54. The van der Waals surface area contributed by atoms with Crippen molar-refractivity contribution in [3.8, 4) is 0 Å². The van der Waals surface area contributed by atoms with E-state index in [0.29, 0.717) is 19.6 Å². The van der Waals surface area contributed by atoms with Crippen molar-refractivity contribution in [1.29, 1.82) is 0 Å². The molecule has 0 aromatic rings. The van der Waals surface area contributed by atoms with Gasteiger partial charge in [-0.2, -0.15) is 0 Å². The monoisotopic (exact) mass is 186 g/mol. The van der Waals surface area contributed by atoms with Gasteiger partial charge in [0.05, 0.1) is 12.2 Å². The Hall–Kier alpha value is -0.770. The summed E-state index contributed by atoms with van der Waals surface area (Å²) in [7, 11) is 0. The summed E-state index contributed by atoms with van der Waals surface area (Å²) in [4.78, 5) is 13.3. The van der Waals surface area contributed by atoms with E-state index in [1.54, 1.807) is 0 Å². The van der Waals surface area contributed by atoms with Crippen LogP contribution in [0.2, 0.25) is 0 Å². The molecule has 0 radical (unpaired) electrons. The summed E-state index contributed by atoms with van der Waals surface area (Å²) in [6.07, 6.45) is 0.290. The van der Waals surface area contributed by atoms with Crippen molar-refractivity contribution in [2.75, 3.05) is 19.6 Å². The molecule has 1 aliphatic heterocycles. The van der Waals surface area contributed by atoms with E-state index >= 15 is 0 Å². The Labute approximate surface area is 79.2 Å². The second kappa shape index (κ2) is 4.46. The minimum atomic E-state index is 0.0181. The van der Waals surface area contributed by atoms with Gasteiger partial charge in [-0.1, -0.05) is 0 Å². The first-order chi connectivity index (χ1) is 6.13. The van der Waals surface area contributed by atoms with Crippen LogP contribution in [0.5, 0.6) is 0 Å². The fourth-order valence-electron chi connectivity index (χ4n) is 1.61. The summed E-state index contributed by atoms with van der Waals surface area (Å²) in [5.74, 6) is 0. The SMILES string of the molecule is CCNC(=O)N1C[C@@H](C)O[C@@H](C)C1. The van der Waals surface area contributed by atoms with Crippen LogP contribution in [0.25, 0.3) is 0 Å². The lowest BCUT2D eigenvalue weighted by atomic mass is 10.2. The van der Waals surface area contributed by atoms with Gasteiger partial charge in [0.15, 0.2) is 0 Å². The predicted molar refractivity (Wildman–Crippen MR) is 50.7 cm³/mol. The number of hydrogen-bond acceptors (Lipinski definition) is 2. The quantitative estimate of drug-likeness (QED) is 0.659. The highest BCUT2D eigenvalue weighted by Crippen LogP contribution is 2.10. The molecule has 76 valence electrons. The van der Waals surface area contributed by atoms with Crippen LogP contribution in [0, 0.1) is 0 Å². The predicted octanol–water partition coefficient (Wildman–Crippen LogP) is 0.825. The Morgan fingerprint density at radius 3 is 2.46 bits per heavy atom. The molecule has 0 spiro atoms. The number of urea groups is 1. The third-order valence-corrected chi connectivity index (χ3v) is 2.03. The van der Waals surface area contributed by atoms with Gasteiger partial charge < -0.3 is 15.0 Å². The molecule has 1 heterocycles. The smallest absolute Gasteiger partial charge is 0.317 e. The minimum Gasteiger partial charge on any atom is -0.372 e. The molecule has 0 aliphatic carbocycles. The summed E-state index contributed by atoms with van der Waals surface area (Å²) < 4.78 is 5.52. The zero-order valence-corrected chi connectivity index (χ0v) is 8.54. The van der Waals surface area contributed by atoms with Crippen molar-refractivity contribution in [3.63, 3.8) is 0 Å². The average molecular weight is 186 g/mol. The minimum absolute atomic E-state index is 0.0181. The Balaban J connectivity index is 2.45. The van der Waals surface area contributed by atoms with E-state index in [1.807, 2.05) is 25.7 Å². The summed E-state index contributed by atoms with van der Waals surface area (Å²) >= 11 is 0. The third kappa shape index (κ3) is 2.88. The maximum Gasteiger partial charge on any atom is 0.317 e. The van der Waals surface area contributed by atoms with E-state index in [2.05, 4.69) is 5.32 Å². The largest absolute Gasteiger partial charge is 0.372 e. The van der Waals surface area contributed by atoms with Gasteiger partial charge in [-0.3, -0.25) is 0 Å². The second-order valence-electron chi connectivity index (χ2n) is 3.50. The summed E-state index contributed by atoms with van der Waals surface area (Å²) in [5.41, 5.74) is 0. The van der Waals surface area contributed by atoms with Crippen molar-refractivity contribution in [2.45, 2.75) is 33.0 Å². The van der Waals surface area contributed by atoms with Crippen LogP contribution in [0.1, 0.15) is 20.8 Å². The summed E-state index contributed by atoms with van der Waals surface area (Å²) in [5, 5.41) is 2.79. The number of hydrogen-bond donors (Lipinski definition) is 1. The molecule has 1 N–H and O–H groups in total. The van der Waals surface area contributed by atoms with Crippen molar-refractivity contribution in [2.24, 2.45) is 0 Å². The fraction of sp³-hybridized carbons (Fsp3) is 0.889. The number of carbonyl (C=O) groups excluding carboxylic acids is 1. The molecule has 0 bridgehead atoms. The topological polar surface area (TPSA) is 41.6 Å². The molecule has 0 aromatic carbocycles. The fourth-order valence-corrected chi connectivity index (χ4v) is 1.61. The first-order valence-corrected chi connectivity index (χ1v) is 4.81. The molecule has 1 rings (SSSR count). The van der Waals surface area contributed by atoms with Crippen LogP contribution in [0.4, 0.5) is 4.79 Å². The molecule has 4 heteroatoms. The number of nitrogens with one attached hydrogen (secondary N) is 1. The Kier molecular flexibility index (Phi) is 3.54. The number of carbonyl (C=O) groups is 1. The van der Waals surface area contributed by atoms with Crippen molar-refractivity contribution < 1.29 is 9.53 Å². The lowest BCUT2D eigenvalue weighted by molar-refractivity contribution is -0.0544. The van der Waals surface area contributed by atoms with Crippen molar-refractivity contribution in [1.82, 2.24) is 10.2 Å². The third-order valence-electron chi connectivity index (χ3n) is 2.03. The Morgan fingerprint density at radius 2 is 2.00 bits per heavy atom. The standard InChI is InChI=1S/C9H18N2O2/c1-4-10-9(12)11-5-7(2)13-8(3)6-11/h7-8H,4-6H2,1-3H3,(H,10,12)/t7-,8+. The molecule has 2 amide bonds. The number of amides is 2. The van der Waals surface area contributed by atoms with E-state index in [1.165, 1.54) is 0 Å². The molecule has 4 nitrogen and oxygen atoms in total. The first kappa shape index (κ1) is 10.3. The summed E-state index contributed by atoms with van der Waals surface area (Å²) in [6.45, 7) is 7.96. The lowest BCUT2D eigenvalue weighted by Crippen LogP contribution is -2.51. The molecule has 2 atom stereocenters. The van der Waals surface area contributed by atoms with Gasteiger partial charge in [0.25, 0.3) is 0 Å². The molecule has 0 saturated carbocycles. The van der Waals surface area contributed by atoms with E-state index in [0.717, 1.165) is 0 Å². The highest BCUT2D eigenvalue weighted by atomic mass is 16.5. The van der Waals surface area contributed by atoms with Crippen LogP contribution in [-0.4, -0.2) is 42.8 Å². The van der Waals surface area contributed by atoms with Crippen LogP contribution in [-0.2, 0) is 4.74 Å². The molecule has 1 saturated heterocycles. The van der Waals surface area contributed by atoms with Gasteiger partial charge in [-0.25, -0.2) is 4.79 Å². The number of morpholine rings is 1. The summed E-state index contributed by atoms with van der Waals surface area (Å²) in [6, 6.07) is 0.0181. The van der Waals surface area contributed by atoms with E-state index in [4.69, 9.17) is 4.74 Å². The lowest BCUT2D eigenvalue weighted by Gasteiger charge is -2.35. The highest BCUT2D eigenvalue weighted by molar-refractivity contribution is 5.74. The van der Waals surface area contributed by atoms with Crippen LogP contribution >= 0.6 is 0 Å². The molecule has 1 fully saturated rings. The molecular weight excluding hydrogens is 168 g/mol. The van der Waals surface area contributed by atoms with Gasteiger partial charge >= 0.3 is 6.03 Å². The van der Waals surface area contributed by atoms with Crippen molar-refractivity contribution >= 4 is 6.03 Å². The molecular formula is C9H18N2O2. The maximum atomic E-state index is 11.4. The van der Waals surface area contributed by atoms with E-state index < -0.39 is 0 Å². The van der Waals surface area contributed by atoms with Crippen LogP contribution in [0.3, 0.4) is 0 Å². The molecule has 1 aliphatic rings. The molecule has 0 aromatic heterocycles. The van der Waals surface area contributed by atoms with Gasteiger partial charge in [-0.15, -0.1) is 0 Å². The second-order valence-corrected chi connectivity index (χ2v) is 3.50. The van der Waals surface area contributed by atoms with Gasteiger partial charge in [0, 0.05) is 19.6 Å². The Morgan fingerprint density at radius 1 is 1.46 bits per heavy atom. The number of nitrogens with zero attached hydrogens (tertiary/aromatic N) is 1. The number of ether oxygens (including phenoxy) is 1. The zero-order chi connectivity index (χ0) is 9.84. The maximum absolute atomic E-state index is 11.4. The van der Waals surface area contributed by atoms with E-state index in [-0.39, 0.29) is 18.2 Å². The first-order valence-electron chi connectivity index (χ1n) is 4.81. The molecule has 0 unspecified atom stereocenters. The number of rotatable bonds is 1. The Bertz CT molecular complexity index is 174. The van der Waals surface area contributed by atoms with E-state index in [9.17, 15) is 4.79 Å².